The largest absolute Gasteiger partial charge is 0.469 e. The second-order valence-electron chi connectivity index (χ2n) is 3.77. The van der Waals surface area contributed by atoms with Crippen molar-refractivity contribution in [2.75, 3.05) is 7.11 Å². The number of halogens is 1. The van der Waals surface area contributed by atoms with E-state index >= 15 is 0 Å². The van der Waals surface area contributed by atoms with Crippen molar-refractivity contribution in [1.82, 2.24) is 0 Å². The van der Waals surface area contributed by atoms with E-state index in [1.165, 1.54) is 7.11 Å². The summed E-state index contributed by atoms with van der Waals surface area (Å²) in [5, 5.41) is 0. The number of hydrogen-bond acceptors (Lipinski definition) is 3. The van der Waals surface area contributed by atoms with Crippen LogP contribution in [-0.2, 0) is 14.3 Å². The molecule has 0 spiro atoms. The fourth-order valence-electron chi connectivity index (χ4n) is 2.48. The number of ketones is 1. The number of carbonyl (C=O) groups is 2. The fraction of sp³-hybridized carbons (Fsp3) is 0.778. The van der Waals surface area contributed by atoms with E-state index in [4.69, 9.17) is 0 Å². The van der Waals surface area contributed by atoms with Crippen LogP contribution in [0.1, 0.15) is 12.8 Å². The Bertz CT molecular complexity index is 264. The summed E-state index contributed by atoms with van der Waals surface area (Å²) in [5.74, 6) is 0.0617. The minimum atomic E-state index is -0.222. The van der Waals surface area contributed by atoms with Gasteiger partial charge in [0.15, 0.2) is 5.78 Å². The first kappa shape index (κ1) is 9.19. The Morgan fingerprint density at radius 1 is 1.54 bits per heavy atom. The predicted octanol–water partition coefficient (Wildman–Crippen LogP) is 1.15. The fourth-order valence-corrected chi connectivity index (χ4v) is 3.25. The molecule has 0 aromatic rings. The number of fused-ring (bicyclic) bond motifs is 2. The Balaban J connectivity index is 2.14. The van der Waals surface area contributed by atoms with Crippen LogP contribution in [0.3, 0.4) is 0 Å². The van der Waals surface area contributed by atoms with Crippen molar-refractivity contribution in [2.24, 2.45) is 17.8 Å². The molecule has 0 radical (unpaired) electrons. The highest BCUT2D eigenvalue weighted by Crippen LogP contribution is 2.49. The molecule has 13 heavy (non-hydrogen) atoms. The lowest BCUT2D eigenvalue weighted by Crippen LogP contribution is -2.33. The quantitative estimate of drug-likeness (QED) is 0.515. The summed E-state index contributed by atoms with van der Waals surface area (Å²) in [6.07, 6.45) is 1.66. The maximum absolute atomic E-state index is 11.5. The maximum atomic E-state index is 11.5. The van der Waals surface area contributed by atoms with Gasteiger partial charge in [0.25, 0.3) is 0 Å². The summed E-state index contributed by atoms with van der Waals surface area (Å²) in [7, 11) is 1.38. The third-order valence-electron chi connectivity index (χ3n) is 3.15. The third-order valence-corrected chi connectivity index (χ3v) is 4.35. The molecule has 4 atom stereocenters. The van der Waals surface area contributed by atoms with Crippen LogP contribution in [0.5, 0.6) is 0 Å². The van der Waals surface area contributed by atoms with Crippen molar-refractivity contribution >= 4 is 27.7 Å². The Labute approximate surface area is 85.0 Å². The molecule has 2 saturated carbocycles. The molecular formula is C9H11BrO3. The number of carbonyl (C=O) groups excluding carboxylic acids is 2. The molecule has 0 saturated heterocycles. The zero-order chi connectivity index (χ0) is 9.59. The molecule has 0 aromatic heterocycles. The highest BCUT2D eigenvalue weighted by Gasteiger charge is 2.53. The van der Waals surface area contributed by atoms with Gasteiger partial charge in [0.2, 0.25) is 0 Å². The molecule has 0 unspecified atom stereocenters. The second-order valence-corrected chi connectivity index (χ2v) is 4.76. The highest BCUT2D eigenvalue weighted by molar-refractivity contribution is 9.10. The van der Waals surface area contributed by atoms with Crippen LogP contribution in [0.15, 0.2) is 0 Å². The Kier molecular flexibility index (Phi) is 2.18. The number of esters is 1. The van der Waals surface area contributed by atoms with E-state index in [0.717, 1.165) is 12.8 Å². The van der Waals surface area contributed by atoms with Crippen molar-refractivity contribution in [1.29, 1.82) is 0 Å². The first-order chi connectivity index (χ1) is 6.15. The van der Waals surface area contributed by atoms with Gasteiger partial charge in [-0.1, -0.05) is 15.9 Å². The van der Waals surface area contributed by atoms with Gasteiger partial charge in [-0.3, -0.25) is 9.59 Å². The Hall–Kier alpha value is -0.380. The van der Waals surface area contributed by atoms with Crippen LogP contribution >= 0.6 is 15.9 Å². The van der Waals surface area contributed by atoms with Crippen LogP contribution in [0.25, 0.3) is 0 Å². The molecule has 0 amide bonds. The first-order valence-electron chi connectivity index (χ1n) is 4.40. The van der Waals surface area contributed by atoms with E-state index in [0.29, 0.717) is 5.92 Å². The van der Waals surface area contributed by atoms with Crippen molar-refractivity contribution in [3.8, 4) is 0 Å². The Morgan fingerprint density at radius 3 is 2.69 bits per heavy atom. The van der Waals surface area contributed by atoms with Crippen LogP contribution in [-0.4, -0.2) is 23.7 Å². The number of methoxy groups -OCH3 is 1. The van der Waals surface area contributed by atoms with Crippen LogP contribution in [0.2, 0.25) is 0 Å². The summed E-state index contributed by atoms with van der Waals surface area (Å²) in [4.78, 5) is 22.8. The SMILES string of the molecule is COC(=O)[C@H]1C[C@H]2C[C@H]1C(=O)[C@@H]2Br. The summed E-state index contributed by atoms with van der Waals surface area (Å²) in [6.45, 7) is 0. The maximum Gasteiger partial charge on any atom is 0.309 e. The van der Waals surface area contributed by atoms with E-state index in [1.807, 2.05) is 0 Å². The number of hydrogen-bond donors (Lipinski definition) is 0. The van der Waals surface area contributed by atoms with Crippen LogP contribution in [0.4, 0.5) is 0 Å². The van der Waals surface area contributed by atoms with E-state index < -0.39 is 0 Å². The second kappa shape index (κ2) is 3.08. The summed E-state index contributed by atoms with van der Waals surface area (Å²) < 4.78 is 4.66. The van der Waals surface area contributed by atoms with Gasteiger partial charge in [-0.2, -0.15) is 0 Å². The Morgan fingerprint density at radius 2 is 2.23 bits per heavy atom. The van der Waals surface area contributed by atoms with Crippen molar-refractivity contribution < 1.29 is 14.3 Å². The lowest BCUT2D eigenvalue weighted by Gasteiger charge is -2.21. The average Bonchev–Trinajstić information content (AvgIpc) is 2.67. The van der Waals surface area contributed by atoms with Gasteiger partial charge >= 0.3 is 5.97 Å². The van der Waals surface area contributed by atoms with E-state index in [-0.39, 0.29) is 28.4 Å². The predicted molar refractivity (Wildman–Crippen MR) is 49.4 cm³/mol. The topological polar surface area (TPSA) is 43.4 Å². The van der Waals surface area contributed by atoms with Gasteiger partial charge < -0.3 is 4.74 Å². The molecule has 3 nitrogen and oxygen atoms in total. The molecule has 0 aliphatic heterocycles. The first-order valence-corrected chi connectivity index (χ1v) is 5.32. The molecule has 0 heterocycles. The smallest absolute Gasteiger partial charge is 0.309 e. The normalized spacial score (nSPS) is 42.5. The standard InChI is InChI=1S/C9H11BrO3/c1-13-9(12)6-3-4-2-5(6)8(11)7(4)10/h4-7H,2-3H2,1H3/t4-,5-,6+,7-/m1/s1. The third kappa shape index (κ3) is 1.23. The summed E-state index contributed by atoms with van der Waals surface area (Å²) in [5.41, 5.74) is 0. The van der Waals surface area contributed by atoms with Gasteiger partial charge in [-0.15, -0.1) is 0 Å². The van der Waals surface area contributed by atoms with E-state index in [2.05, 4.69) is 20.7 Å². The van der Waals surface area contributed by atoms with E-state index in [1.54, 1.807) is 0 Å². The molecule has 2 rings (SSSR count). The molecular weight excluding hydrogens is 236 g/mol. The van der Waals surface area contributed by atoms with Crippen molar-refractivity contribution in [3.05, 3.63) is 0 Å². The number of alkyl halides is 1. The average molecular weight is 247 g/mol. The van der Waals surface area contributed by atoms with Crippen LogP contribution in [0, 0.1) is 17.8 Å². The van der Waals surface area contributed by atoms with Crippen molar-refractivity contribution in [3.63, 3.8) is 0 Å². The van der Waals surface area contributed by atoms with Gasteiger partial charge in [0.1, 0.15) is 0 Å². The molecule has 0 N–H and O–H groups in total. The van der Waals surface area contributed by atoms with E-state index in [9.17, 15) is 9.59 Å². The molecule has 4 heteroatoms. The number of ether oxygens (including phenoxy) is 1. The molecule has 2 aliphatic carbocycles. The minimum Gasteiger partial charge on any atom is -0.469 e. The number of rotatable bonds is 1. The zero-order valence-corrected chi connectivity index (χ0v) is 8.91. The zero-order valence-electron chi connectivity index (χ0n) is 7.33. The lowest BCUT2D eigenvalue weighted by molar-refractivity contribution is -0.149. The summed E-state index contributed by atoms with van der Waals surface area (Å²) >= 11 is 3.36. The highest BCUT2D eigenvalue weighted by atomic mass is 79.9. The van der Waals surface area contributed by atoms with Crippen molar-refractivity contribution in [2.45, 2.75) is 17.7 Å². The molecule has 2 fully saturated rings. The molecule has 2 bridgehead atoms. The number of Topliss-reactive ketones (excluding diaryl/α,β-unsaturated/α-hetero) is 1. The lowest BCUT2D eigenvalue weighted by atomic mass is 9.88. The van der Waals surface area contributed by atoms with Gasteiger partial charge in [0.05, 0.1) is 17.9 Å². The van der Waals surface area contributed by atoms with Gasteiger partial charge in [-0.05, 0) is 18.8 Å². The van der Waals surface area contributed by atoms with Gasteiger partial charge in [-0.25, -0.2) is 0 Å². The van der Waals surface area contributed by atoms with Gasteiger partial charge in [0, 0.05) is 5.92 Å². The monoisotopic (exact) mass is 246 g/mol. The molecule has 0 aromatic carbocycles. The molecule has 2 aliphatic rings. The molecule has 72 valence electrons. The minimum absolute atomic E-state index is 0.0154. The van der Waals surface area contributed by atoms with Crippen LogP contribution < -0.4 is 0 Å². The summed E-state index contributed by atoms with van der Waals surface area (Å²) in [6, 6.07) is 0.